The fraction of sp³-hybridized carbons (Fsp3) is 0.391. The minimum absolute atomic E-state index is 0.0275. The summed E-state index contributed by atoms with van der Waals surface area (Å²) in [5.41, 5.74) is 6.17. The molecular formula is C23H24F2N6O4. The lowest BCUT2D eigenvalue weighted by atomic mass is 10.1. The minimum atomic E-state index is -0.824. The standard InChI is InChI=1S/C23H24F2N6O4/c1-13(32)2-3-16-12-29(23(34)35-16)15-9-18(24)20(19(25)10-15)28-4-6-30-21-17(8-14(26)11-27-21)22(33)31(30)7-5-28/h8-11,16H,2-7,12,26H2,1H3/t16-/m0/s1. The molecule has 1 atom stereocenters. The van der Waals surface area contributed by atoms with Crippen molar-refractivity contribution in [2.24, 2.45) is 0 Å². The highest BCUT2D eigenvalue weighted by Crippen LogP contribution is 2.32. The highest BCUT2D eigenvalue weighted by atomic mass is 19.1. The van der Waals surface area contributed by atoms with E-state index in [2.05, 4.69) is 4.98 Å². The molecular weight excluding hydrogens is 462 g/mol. The Balaban J connectivity index is 1.37. The molecule has 2 aliphatic rings. The van der Waals surface area contributed by atoms with Gasteiger partial charge in [-0.3, -0.25) is 14.4 Å². The van der Waals surface area contributed by atoms with Gasteiger partial charge in [0.2, 0.25) is 0 Å². The number of nitrogens with two attached hydrogens (primary N) is 1. The molecule has 0 aliphatic carbocycles. The van der Waals surface area contributed by atoms with Crippen molar-refractivity contribution in [1.82, 2.24) is 14.3 Å². The highest BCUT2D eigenvalue weighted by molar-refractivity contribution is 5.90. The summed E-state index contributed by atoms with van der Waals surface area (Å²) in [5.74, 6) is -1.68. The Bertz CT molecular complexity index is 1380. The molecule has 4 heterocycles. The molecule has 0 saturated carbocycles. The number of fused-ring (bicyclic) bond motifs is 3. The number of benzene rings is 1. The van der Waals surface area contributed by atoms with E-state index in [4.69, 9.17) is 10.5 Å². The third-order valence-corrected chi connectivity index (χ3v) is 6.37. The molecule has 35 heavy (non-hydrogen) atoms. The van der Waals surface area contributed by atoms with Crippen LogP contribution in [0, 0.1) is 11.6 Å². The number of nitrogen functional groups attached to an aromatic ring is 1. The second-order valence-electron chi connectivity index (χ2n) is 8.79. The number of hydrogen-bond acceptors (Lipinski definition) is 7. The van der Waals surface area contributed by atoms with Crippen LogP contribution < -0.4 is 21.1 Å². The topological polar surface area (TPSA) is 116 Å². The molecule has 0 radical (unpaired) electrons. The van der Waals surface area contributed by atoms with E-state index in [9.17, 15) is 14.4 Å². The summed E-state index contributed by atoms with van der Waals surface area (Å²) >= 11 is 0. The number of cyclic esters (lactones) is 1. The molecule has 0 bridgehead atoms. The van der Waals surface area contributed by atoms with Crippen molar-refractivity contribution in [3.8, 4) is 0 Å². The molecule has 0 spiro atoms. The van der Waals surface area contributed by atoms with Crippen LogP contribution in [0.2, 0.25) is 0 Å². The van der Waals surface area contributed by atoms with E-state index in [1.54, 1.807) is 10.7 Å². The van der Waals surface area contributed by atoms with Crippen LogP contribution in [-0.2, 0) is 22.6 Å². The highest BCUT2D eigenvalue weighted by Gasteiger charge is 2.34. The third kappa shape index (κ3) is 4.08. The van der Waals surface area contributed by atoms with Crippen LogP contribution in [0.1, 0.15) is 19.8 Å². The third-order valence-electron chi connectivity index (χ3n) is 6.37. The van der Waals surface area contributed by atoms with Gasteiger partial charge in [0.15, 0.2) is 17.3 Å². The van der Waals surface area contributed by atoms with Crippen LogP contribution >= 0.6 is 0 Å². The smallest absolute Gasteiger partial charge is 0.414 e. The van der Waals surface area contributed by atoms with E-state index < -0.39 is 23.8 Å². The van der Waals surface area contributed by atoms with Crippen molar-refractivity contribution < 1.29 is 23.1 Å². The van der Waals surface area contributed by atoms with E-state index in [-0.39, 0.29) is 61.9 Å². The number of rotatable bonds is 5. The molecule has 3 aromatic rings. The summed E-state index contributed by atoms with van der Waals surface area (Å²) in [6.07, 6.45) is 0.842. The number of hydrogen-bond donors (Lipinski definition) is 1. The predicted octanol–water partition coefficient (Wildman–Crippen LogP) is 2.27. The van der Waals surface area contributed by atoms with Gasteiger partial charge in [-0.15, -0.1) is 0 Å². The van der Waals surface area contributed by atoms with Crippen molar-refractivity contribution in [3.05, 3.63) is 46.4 Å². The number of Topliss-reactive ketones (excluding diaryl/α,β-unsaturated/α-hetero) is 1. The SMILES string of the molecule is CC(=O)CC[C@H]1CN(c2cc(F)c(N3CCn4c(=O)c5cc(N)cnc5n4CC3)c(F)c2)C(=O)O1. The normalized spacial score (nSPS) is 18.0. The zero-order chi connectivity index (χ0) is 24.9. The van der Waals surface area contributed by atoms with Crippen LogP contribution in [0.3, 0.4) is 0 Å². The molecule has 12 heteroatoms. The first-order chi connectivity index (χ1) is 16.7. The fourth-order valence-electron chi connectivity index (χ4n) is 4.67. The second kappa shape index (κ2) is 8.67. The van der Waals surface area contributed by atoms with E-state index >= 15 is 8.78 Å². The van der Waals surface area contributed by atoms with Gasteiger partial charge in [-0.2, -0.15) is 0 Å². The molecule has 0 unspecified atom stereocenters. The van der Waals surface area contributed by atoms with Crippen molar-refractivity contribution in [2.45, 2.75) is 39.0 Å². The van der Waals surface area contributed by atoms with Crippen molar-refractivity contribution in [1.29, 1.82) is 0 Å². The molecule has 1 amide bonds. The van der Waals surface area contributed by atoms with Crippen LogP contribution in [0.15, 0.2) is 29.2 Å². The number of ketones is 1. The lowest BCUT2D eigenvalue weighted by Crippen LogP contribution is -2.30. The Morgan fingerprint density at radius 3 is 2.49 bits per heavy atom. The van der Waals surface area contributed by atoms with Gasteiger partial charge in [-0.25, -0.2) is 23.2 Å². The first kappa shape index (κ1) is 22.8. The second-order valence-corrected chi connectivity index (χ2v) is 8.79. The zero-order valence-electron chi connectivity index (χ0n) is 19.0. The molecule has 10 nitrogen and oxygen atoms in total. The monoisotopic (exact) mass is 486 g/mol. The maximum absolute atomic E-state index is 15.2. The maximum atomic E-state index is 15.2. The molecule has 1 aromatic carbocycles. The average molecular weight is 486 g/mol. The van der Waals surface area contributed by atoms with Gasteiger partial charge in [-0.1, -0.05) is 0 Å². The van der Waals surface area contributed by atoms with Gasteiger partial charge >= 0.3 is 6.09 Å². The number of amides is 1. The van der Waals surface area contributed by atoms with Crippen molar-refractivity contribution in [3.63, 3.8) is 0 Å². The molecule has 184 valence electrons. The number of ether oxygens (including phenoxy) is 1. The fourth-order valence-corrected chi connectivity index (χ4v) is 4.67. The molecule has 2 N–H and O–H groups in total. The van der Waals surface area contributed by atoms with Gasteiger partial charge in [0.05, 0.1) is 42.6 Å². The van der Waals surface area contributed by atoms with Crippen LogP contribution in [-0.4, -0.2) is 52.0 Å². The Morgan fingerprint density at radius 2 is 1.80 bits per heavy atom. The molecule has 1 fully saturated rings. The summed E-state index contributed by atoms with van der Waals surface area (Å²) in [5, 5.41) is 0.402. The number of carbonyl (C=O) groups excluding carboxylic acids is 2. The largest absolute Gasteiger partial charge is 0.444 e. The number of pyridine rings is 1. The van der Waals surface area contributed by atoms with E-state index in [0.717, 1.165) is 17.0 Å². The number of carbonyl (C=O) groups is 2. The quantitative estimate of drug-likeness (QED) is 0.588. The average Bonchev–Trinajstić information content (AvgIpc) is 3.20. The Hall–Kier alpha value is -3.96. The number of anilines is 3. The summed E-state index contributed by atoms with van der Waals surface area (Å²) in [7, 11) is 0. The zero-order valence-corrected chi connectivity index (χ0v) is 19.0. The summed E-state index contributed by atoms with van der Waals surface area (Å²) in [4.78, 5) is 43.2. The van der Waals surface area contributed by atoms with Crippen LogP contribution in [0.4, 0.5) is 30.6 Å². The van der Waals surface area contributed by atoms with Gasteiger partial charge in [0.25, 0.3) is 5.56 Å². The van der Waals surface area contributed by atoms with Crippen molar-refractivity contribution in [2.75, 3.05) is 35.2 Å². The molecule has 5 rings (SSSR count). The number of aromatic nitrogens is 3. The van der Waals surface area contributed by atoms with Crippen LogP contribution in [0.25, 0.3) is 11.0 Å². The Kier molecular flexibility index (Phi) is 5.65. The first-order valence-corrected chi connectivity index (χ1v) is 11.3. The lowest BCUT2D eigenvalue weighted by molar-refractivity contribution is -0.117. The van der Waals surface area contributed by atoms with Crippen LogP contribution in [0.5, 0.6) is 0 Å². The number of nitrogens with zero attached hydrogens (tertiary/aromatic N) is 5. The van der Waals surface area contributed by atoms with E-state index in [0.29, 0.717) is 23.1 Å². The minimum Gasteiger partial charge on any atom is -0.444 e. The summed E-state index contributed by atoms with van der Waals surface area (Å²) in [6, 6.07) is 3.78. The molecule has 1 saturated heterocycles. The van der Waals surface area contributed by atoms with Gasteiger partial charge in [0.1, 0.15) is 17.6 Å². The van der Waals surface area contributed by atoms with Gasteiger partial charge in [-0.05, 0) is 19.4 Å². The molecule has 2 aromatic heterocycles. The summed E-state index contributed by atoms with van der Waals surface area (Å²) in [6.45, 7) is 2.47. The summed E-state index contributed by atoms with van der Waals surface area (Å²) < 4.78 is 38.8. The molecule has 2 aliphatic heterocycles. The maximum Gasteiger partial charge on any atom is 0.414 e. The number of halogens is 2. The Labute approximate surface area is 198 Å². The van der Waals surface area contributed by atoms with E-state index in [1.165, 1.54) is 22.7 Å². The lowest BCUT2D eigenvalue weighted by Gasteiger charge is -2.24. The van der Waals surface area contributed by atoms with Gasteiger partial charge < -0.3 is 20.2 Å². The predicted molar refractivity (Wildman–Crippen MR) is 125 cm³/mol. The first-order valence-electron chi connectivity index (χ1n) is 11.3. The Morgan fingerprint density at radius 1 is 1.11 bits per heavy atom. The van der Waals surface area contributed by atoms with Crippen molar-refractivity contribution >= 4 is 40.0 Å². The van der Waals surface area contributed by atoms with Gasteiger partial charge in [0, 0.05) is 31.6 Å². The van der Waals surface area contributed by atoms with E-state index in [1.807, 2.05) is 0 Å².